The van der Waals surface area contributed by atoms with E-state index in [0.29, 0.717) is 18.7 Å². The first kappa shape index (κ1) is 26.5. The lowest BCUT2D eigenvalue weighted by atomic mass is 9.92. The SMILES string of the molecule is CC(CO)(CO)COc1ccc(C2c3[nH]c4c(c3CCN2C(=O)Oc2ccc(F)cc2)=CC(Br)CC=4)cc1. The Labute approximate surface area is 228 Å². The van der Waals surface area contributed by atoms with E-state index < -0.39 is 23.4 Å². The Kier molecular flexibility index (Phi) is 7.61. The molecule has 0 fully saturated rings. The number of aromatic nitrogens is 1. The number of carbonyl (C=O) groups excluding carboxylic acids is 1. The van der Waals surface area contributed by atoms with Crippen LogP contribution in [0.4, 0.5) is 9.18 Å². The minimum absolute atomic E-state index is 0.159. The van der Waals surface area contributed by atoms with Crippen molar-refractivity contribution in [2.45, 2.75) is 30.6 Å². The van der Waals surface area contributed by atoms with Crippen LogP contribution in [0.3, 0.4) is 0 Å². The van der Waals surface area contributed by atoms with E-state index in [0.717, 1.165) is 28.2 Å². The van der Waals surface area contributed by atoms with E-state index in [9.17, 15) is 19.4 Å². The Morgan fingerprint density at radius 1 is 1.13 bits per heavy atom. The molecule has 3 N–H and O–H groups in total. The number of amides is 1. The monoisotopic (exact) mass is 584 g/mol. The van der Waals surface area contributed by atoms with Gasteiger partial charge in [-0.05, 0) is 65.6 Å². The van der Waals surface area contributed by atoms with Crippen LogP contribution >= 0.6 is 15.9 Å². The number of ether oxygens (including phenoxy) is 2. The summed E-state index contributed by atoms with van der Waals surface area (Å²) in [6, 6.07) is 12.4. The lowest BCUT2D eigenvalue weighted by molar-refractivity contribution is 0.0287. The number of halogens is 2. The van der Waals surface area contributed by atoms with E-state index in [4.69, 9.17) is 9.47 Å². The number of aliphatic hydroxyl groups is 2. The van der Waals surface area contributed by atoms with Gasteiger partial charge in [0.25, 0.3) is 0 Å². The highest BCUT2D eigenvalue weighted by Gasteiger charge is 2.36. The standard InChI is InChI=1S/C29H30BrFN2O5/c1-29(15-34,16-35)17-37-21-7-2-18(3-8-21)27-26-23(24-14-19(30)4-11-25(24)32-26)12-13-33(27)28(36)38-22-9-5-20(31)6-10-22/h2-3,5-11,14,19,27,32,34-35H,4,12-13,15-17H2,1H3. The second-order valence-corrected chi connectivity index (χ2v) is 11.3. The molecule has 2 aromatic carbocycles. The van der Waals surface area contributed by atoms with Crippen molar-refractivity contribution in [3.63, 3.8) is 0 Å². The number of aromatic amines is 1. The second-order valence-electron chi connectivity index (χ2n) is 10.1. The molecule has 2 unspecified atom stereocenters. The van der Waals surface area contributed by atoms with Gasteiger partial charge in [0.1, 0.15) is 23.4 Å². The molecule has 1 aliphatic heterocycles. The molecule has 0 radical (unpaired) electrons. The highest BCUT2D eigenvalue weighted by Crippen LogP contribution is 2.34. The van der Waals surface area contributed by atoms with Crippen molar-refractivity contribution >= 4 is 34.2 Å². The van der Waals surface area contributed by atoms with Crippen LogP contribution in [0.2, 0.25) is 0 Å². The highest BCUT2D eigenvalue weighted by molar-refractivity contribution is 9.09. The quantitative estimate of drug-likeness (QED) is 0.370. The van der Waals surface area contributed by atoms with Crippen LogP contribution in [-0.4, -0.2) is 57.4 Å². The molecular weight excluding hydrogens is 555 g/mol. The zero-order chi connectivity index (χ0) is 26.9. The van der Waals surface area contributed by atoms with Crippen molar-refractivity contribution in [2.75, 3.05) is 26.4 Å². The maximum atomic E-state index is 13.4. The lowest BCUT2D eigenvalue weighted by Gasteiger charge is -2.35. The van der Waals surface area contributed by atoms with Gasteiger partial charge >= 0.3 is 6.09 Å². The first-order chi connectivity index (χ1) is 18.3. The van der Waals surface area contributed by atoms with Crippen molar-refractivity contribution in [1.29, 1.82) is 0 Å². The molecule has 1 amide bonds. The van der Waals surface area contributed by atoms with Crippen LogP contribution < -0.4 is 20.0 Å². The van der Waals surface area contributed by atoms with Gasteiger partial charge in [0.05, 0.1) is 19.8 Å². The molecule has 38 heavy (non-hydrogen) atoms. The van der Waals surface area contributed by atoms with E-state index >= 15 is 0 Å². The molecule has 2 aliphatic rings. The molecule has 2 atom stereocenters. The van der Waals surface area contributed by atoms with Crippen LogP contribution in [0.15, 0.2) is 48.5 Å². The fourth-order valence-corrected chi connectivity index (χ4v) is 5.25. The van der Waals surface area contributed by atoms with Gasteiger partial charge in [-0.25, -0.2) is 9.18 Å². The third kappa shape index (κ3) is 5.36. The average Bonchev–Trinajstić information content (AvgIpc) is 3.30. The summed E-state index contributed by atoms with van der Waals surface area (Å²) in [5.74, 6) is 0.462. The number of fused-ring (bicyclic) bond motifs is 3. The Morgan fingerprint density at radius 3 is 2.50 bits per heavy atom. The number of alkyl halides is 1. The van der Waals surface area contributed by atoms with E-state index in [-0.39, 0.29) is 30.4 Å². The molecule has 200 valence electrons. The molecule has 9 heteroatoms. The summed E-state index contributed by atoms with van der Waals surface area (Å²) in [5.41, 5.74) is 2.24. The number of aliphatic hydroxyl groups excluding tert-OH is 2. The van der Waals surface area contributed by atoms with Gasteiger partial charge in [-0.3, -0.25) is 4.90 Å². The largest absolute Gasteiger partial charge is 0.493 e. The molecule has 1 aliphatic carbocycles. The summed E-state index contributed by atoms with van der Waals surface area (Å²) in [7, 11) is 0. The number of H-pyrrole nitrogens is 1. The topological polar surface area (TPSA) is 95.0 Å². The number of hydrogen-bond acceptors (Lipinski definition) is 5. The Morgan fingerprint density at radius 2 is 1.82 bits per heavy atom. The van der Waals surface area contributed by atoms with Crippen LogP contribution in [0.25, 0.3) is 12.2 Å². The third-order valence-corrected chi connectivity index (χ3v) is 7.73. The zero-order valence-corrected chi connectivity index (χ0v) is 22.6. The van der Waals surface area contributed by atoms with Gasteiger partial charge in [-0.2, -0.15) is 0 Å². The van der Waals surface area contributed by atoms with E-state index in [1.54, 1.807) is 11.8 Å². The van der Waals surface area contributed by atoms with Gasteiger partial charge in [0, 0.05) is 27.8 Å². The maximum Gasteiger partial charge on any atom is 0.416 e. The minimum Gasteiger partial charge on any atom is -0.493 e. The van der Waals surface area contributed by atoms with Crippen molar-refractivity contribution in [2.24, 2.45) is 5.41 Å². The molecule has 3 aromatic rings. The molecular formula is C29H30BrFN2O5. The summed E-state index contributed by atoms with van der Waals surface area (Å²) >= 11 is 3.70. The minimum atomic E-state index is -0.749. The molecule has 1 aromatic heterocycles. The second kappa shape index (κ2) is 10.9. The third-order valence-electron chi connectivity index (χ3n) is 7.09. The van der Waals surface area contributed by atoms with Crippen LogP contribution in [-0.2, 0) is 6.42 Å². The number of rotatable bonds is 7. The Balaban J connectivity index is 1.48. The molecule has 0 saturated heterocycles. The molecule has 0 spiro atoms. The number of hydrogen-bond donors (Lipinski definition) is 3. The number of nitrogens with one attached hydrogen (secondary N) is 1. The van der Waals surface area contributed by atoms with Gasteiger partial charge in [-0.15, -0.1) is 0 Å². The zero-order valence-electron chi connectivity index (χ0n) is 21.0. The number of nitrogens with zero attached hydrogens (tertiary/aromatic N) is 1. The van der Waals surface area contributed by atoms with Crippen molar-refractivity contribution < 1.29 is 28.9 Å². The van der Waals surface area contributed by atoms with Gasteiger partial charge in [0.15, 0.2) is 0 Å². The molecule has 0 bridgehead atoms. The predicted octanol–water partition coefficient (Wildman–Crippen LogP) is 3.40. The summed E-state index contributed by atoms with van der Waals surface area (Å²) in [5, 5.41) is 21.3. The maximum absolute atomic E-state index is 13.4. The van der Waals surface area contributed by atoms with Crippen LogP contribution in [0, 0.1) is 11.2 Å². The average molecular weight is 585 g/mol. The molecule has 5 rings (SSSR count). The van der Waals surface area contributed by atoms with Gasteiger partial charge in [0.2, 0.25) is 0 Å². The summed E-state index contributed by atoms with van der Waals surface area (Å²) < 4.78 is 24.8. The molecule has 2 heterocycles. The van der Waals surface area contributed by atoms with Crippen molar-refractivity contribution in [3.8, 4) is 11.5 Å². The normalized spacial score (nSPS) is 18.6. The number of benzene rings is 2. The Bertz CT molecular complexity index is 1420. The lowest BCUT2D eigenvalue weighted by Crippen LogP contribution is -2.43. The predicted molar refractivity (Wildman–Crippen MR) is 145 cm³/mol. The van der Waals surface area contributed by atoms with Gasteiger partial charge < -0.3 is 24.7 Å². The summed E-state index contributed by atoms with van der Waals surface area (Å²) in [4.78, 5) is 18.9. The number of carbonyl (C=O) groups is 1. The first-order valence-electron chi connectivity index (χ1n) is 12.6. The van der Waals surface area contributed by atoms with Gasteiger partial charge in [-0.1, -0.05) is 47.1 Å². The van der Waals surface area contributed by atoms with Crippen molar-refractivity contribution in [3.05, 3.63) is 81.7 Å². The molecule has 7 nitrogen and oxygen atoms in total. The van der Waals surface area contributed by atoms with E-state index in [1.165, 1.54) is 29.8 Å². The highest BCUT2D eigenvalue weighted by atomic mass is 79.9. The van der Waals surface area contributed by atoms with Crippen molar-refractivity contribution in [1.82, 2.24) is 9.88 Å². The fourth-order valence-electron chi connectivity index (χ4n) is 4.80. The summed E-state index contributed by atoms with van der Waals surface area (Å²) in [6.07, 6.45) is 5.40. The smallest absolute Gasteiger partial charge is 0.416 e. The first-order valence-corrected chi connectivity index (χ1v) is 13.5. The summed E-state index contributed by atoms with van der Waals surface area (Å²) in [6.45, 7) is 1.96. The van der Waals surface area contributed by atoms with E-state index in [1.807, 2.05) is 24.3 Å². The Hall–Kier alpha value is -3.14. The van der Waals surface area contributed by atoms with Crippen LogP contribution in [0.1, 0.15) is 36.2 Å². The van der Waals surface area contributed by atoms with E-state index in [2.05, 4.69) is 33.1 Å². The molecule has 0 saturated carbocycles. The van der Waals surface area contributed by atoms with Crippen LogP contribution in [0.5, 0.6) is 11.5 Å². The fraction of sp³-hybridized carbons (Fsp3) is 0.345.